The number of halogens is 2. The lowest BCUT2D eigenvalue weighted by Crippen LogP contribution is -2.51. The second kappa shape index (κ2) is 12.4. The molecule has 0 fully saturated rings. The standard InChI is InChI=1S/C27H28Cl2N2O2/c1-2-15-30-27(33)25(16-20-9-5-3-6-10-20)31(19-22-13-14-23(28)18-24(22)29)26(32)17-21-11-7-4-8-12-21/h3-14,18,25H,2,15-17,19H2,1H3,(H,30,33). The van der Waals surface area contributed by atoms with Crippen molar-refractivity contribution < 1.29 is 9.59 Å². The van der Waals surface area contributed by atoms with Crippen LogP contribution in [0.1, 0.15) is 30.0 Å². The quantitative estimate of drug-likeness (QED) is 0.402. The summed E-state index contributed by atoms with van der Waals surface area (Å²) in [6.45, 7) is 2.75. The number of rotatable bonds is 10. The van der Waals surface area contributed by atoms with Gasteiger partial charge in [0.1, 0.15) is 6.04 Å². The summed E-state index contributed by atoms with van der Waals surface area (Å²) < 4.78 is 0. The topological polar surface area (TPSA) is 49.4 Å². The van der Waals surface area contributed by atoms with Gasteiger partial charge in [0, 0.05) is 29.6 Å². The van der Waals surface area contributed by atoms with E-state index in [0.717, 1.165) is 23.1 Å². The molecule has 3 aromatic rings. The van der Waals surface area contributed by atoms with Crippen LogP contribution >= 0.6 is 23.2 Å². The molecule has 4 nitrogen and oxygen atoms in total. The first-order valence-electron chi connectivity index (χ1n) is 11.1. The smallest absolute Gasteiger partial charge is 0.243 e. The summed E-state index contributed by atoms with van der Waals surface area (Å²) in [7, 11) is 0. The summed E-state index contributed by atoms with van der Waals surface area (Å²) in [5.41, 5.74) is 2.61. The maximum Gasteiger partial charge on any atom is 0.243 e. The summed E-state index contributed by atoms with van der Waals surface area (Å²) in [5.74, 6) is -0.313. The number of carbonyl (C=O) groups is 2. The number of amides is 2. The predicted molar refractivity (Wildman–Crippen MR) is 134 cm³/mol. The van der Waals surface area contributed by atoms with E-state index in [4.69, 9.17) is 23.2 Å². The SMILES string of the molecule is CCCNC(=O)C(Cc1ccccc1)N(Cc1ccc(Cl)cc1Cl)C(=O)Cc1ccccc1. The minimum atomic E-state index is -0.679. The average molecular weight is 483 g/mol. The molecule has 0 saturated carbocycles. The van der Waals surface area contributed by atoms with Crippen LogP contribution in [0.15, 0.2) is 78.9 Å². The highest BCUT2D eigenvalue weighted by Gasteiger charge is 2.30. The molecule has 3 rings (SSSR count). The molecule has 0 saturated heterocycles. The summed E-state index contributed by atoms with van der Waals surface area (Å²) in [6.07, 6.45) is 1.41. The van der Waals surface area contributed by atoms with Gasteiger partial charge >= 0.3 is 0 Å². The van der Waals surface area contributed by atoms with Gasteiger partial charge in [0.15, 0.2) is 0 Å². The Morgan fingerprint density at radius 1 is 0.909 bits per heavy atom. The monoisotopic (exact) mass is 482 g/mol. The summed E-state index contributed by atoms with van der Waals surface area (Å²) in [4.78, 5) is 28.5. The molecule has 33 heavy (non-hydrogen) atoms. The fourth-order valence-electron chi connectivity index (χ4n) is 3.63. The zero-order chi connectivity index (χ0) is 23.6. The average Bonchev–Trinajstić information content (AvgIpc) is 2.82. The Hall–Kier alpha value is -2.82. The zero-order valence-corrected chi connectivity index (χ0v) is 20.1. The maximum atomic E-state index is 13.6. The largest absolute Gasteiger partial charge is 0.354 e. The van der Waals surface area contributed by atoms with Gasteiger partial charge in [-0.25, -0.2) is 0 Å². The zero-order valence-electron chi connectivity index (χ0n) is 18.6. The molecule has 0 aliphatic carbocycles. The van der Waals surface area contributed by atoms with Crippen LogP contribution in [-0.2, 0) is 29.0 Å². The van der Waals surface area contributed by atoms with Gasteiger partial charge in [-0.3, -0.25) is 9.59 Å². The van der Waals surface area contributed by atoms with E-state index in [1.165, 1.54) is 0 Å². The fraction of sp³-hybridized carbons (Fsp3) is 0.259. The van der Waals surface area contributed by atoms with Crippen molar-refractivity contribution in [3.63, 3.8) is 0 Å². The molecule has 0 aromatic heterocycles. The number of hydrogen-bond acceptors (Lipinski definition) is 2. The van der Waals surface area contributed by atoms with Crippen LogP contribution in [0.3, 0.4) is 0 Å². The Morgan fingerprint density at radius 3 is 2.15 bits per heavy atom. The highest BCUT2D eigenvalue weighted by molar-refractivity contribution is 6.35. The Balaban J connectivity index is 1.97. The van der Waals surface area contributed by atoms with Crippen molar-refractivity contribution in [2.45, 2.75) is 38.8 Å². The lowest BCUT2D eigenvalue weighted by molar-refractivity contribution is -0.140. The number of nitrogens with one attached hydrogen (secondary N) is 1. The van der Waals surface area contributed by atoms with Crippen LogP contribution in [0.25, 0.3) is 0 Å². The van der Waals surface area contributed by atoms with Gasteiger partial charge in [0.05, 0.1) is 6.42 Å². The minimum Gasteiger partial charge on any atom is -0.354 e. The Morgan fingerprint density at radius 2 is 1.55 bits per heavy atom. The first-order chi connectivity index (χ1) is 16.0. The van der Waals surface area contributed by atoms with Gasteiger partial charge in [-0.15, -0.1) is 0 Å². The third-order valence-electron chi connectivity index (χ3n) is 5.37. The van der Waals surface area contributed by atoms with Crippen molar-refractivity contribution >= 4 is 35.0 Å². The molecule has 0 radical (unpaired) electrons. The molecule has 3 aromatic carbocycles. The summed E-state index contributed by atoms with van der Waals surface area (Å²) in [5, 5.41) is 3.96. The molecule has 6 heteroatoms. The molecule has 172 valence electrons. The fourth-order valence-corrected chi connectivity index (χ4v) is 4.09. The van der Waals surface area contributed by atoms with Crippen molar-refractivity contribution in [3.8, 4) is 0 Å². The third-order valence-corrected chi connectivity index (χ3v) is 5.96. The number of benzene rings is 3. The second-order valence-electron chi connectivity index (χ2n) is 7.92. The number of carbonyl (C=O) groups excluding carboxylic acids is 2. The molecule has 0 heterocycles. The van der Waals surface area contributed by atoms with Crippen molar-refractivity contribution in [1.82, 2.24) is 10.2 Å². The van der Waals surface area contributed by atoms with Gasteiger partial charge < -0.3 is 10.2 Å². The highest BCUT2D eigenvalue weighted by atomic mass is 35.5. The van der Waals surface area contributed by atoms with E-state index < -0.39 is 6.04 Å². The van der Waals surface area contributed by atoms with Gasteiger partial charge in [-0.1, -0.05) is 96.9 Å². The van der Waals surface area contributed by atoms with E-state index in [1.54, 1.807) is 23.1 Å². The molecule has 1 unspecified atom stereocenters. The molecule has 1 N–H and O–H groups in total. The van der Waals surface area contributed by atoms with Gasteiger partial charge in [0.25, 0.3) is 0 Å². The lowest BCUT2D eigenvalue weighted by atomic mass is 10.0. The molecular formula is C27H28Cl2N2O2. The molecule has 0 aliphatic heterocycles. The van der Waals surface area contributed by atoms with Crippen molar-refractivity contribution in [2.75, 3.05) is 6.54 Å². The third kappa shape index (κ3) is 7.34. The van der Waals surface area contributed by atoms with E-state index in [0.29, 0.717) is 23.0 Å². The second-order valence-corrected chi connectivity index (χ2v) is 8.76. The lowest BCUT2D eigenvalue weighted by Gasteiger charge is -2.32. The van der Waals surface area contributed by atoms with Gasteiger partial charge in [-0.2, -0.15) is 0 Å². The van der Waals surface area contributed by atoms with Gasteiger partial charge in [-0.05, 0) is 35.2 Å². The molecular weight excluding hydrogens is 455 g/mol. The first-order valence-corrected chi connectivity index (χ1v) is 11.8. The highest BCUT2D eigenvalue weighted by Crippen LogP contribution is 2.24. The van der Waals surface area contributed by atoms with Crippen LogP contribution in [0.4, 0.5) is 0 Å². The van der Waals surface area contributed by atoms with Crippen LogP contribution in [0.2, 0.25) is 10.0 Å². The molecule has 1 atom stereocenters. The molecule has 0 aliphatic rings. The molecule has 0 spiro atoms. The van der Waals surface area contributed by atoms with E-state index in [2.05, 4.69) is 5.32 Å². The minimum absolute atomic E-state index is 0.139. The van der Waals surface area contributed by atoms with E-state index in [1.807, 2.05) is 67.6 Å². The van der Waals surface area contributed by atoms with Crippen molar-refractivity contribution in [2.24, 2.45) is 0 Å². The van der Waals surface area contributed by atoms with E-state index >= 15 is 0 Å². The number of hydrogen-bond donors (Lipinski definition) is 1. The Bertz CT molecular complexity index is 1060. The van der Waals surface area contributed by atoms with Crippen LogP contribution < -0.4 is 5.32 Å². The molecule has 2 amide bonds. The Labute approximate surface area is 205 Å². The normalized spacial score (nSPS) is 11.6. The van der Waals surface area contributed by atoms with Crippen molar-refractivity contribution in [3.05, 3.63) is 106 Å². The molecule has 0 bridgehead atoms. The summed E-state index contributed by atoms with van der Waals surface area (Å²) in [6, 6.07) is 23.8. The Kier molecular flexibility index (Phi) is 9.35. The maximum absolute atomic E-state index is 13.6. The van der Waals surface area contributed by atoms with Crippen LogP contribution in [0, 0.1) is 0 Å². The van der Waals surface area contributed by atoms with Crippen molar-refractivity contribution in [1.29, 1.82) is 0 Å². The van der Waals surface area contributed by atoms with Gasteiger partial charge in [0.2, 0.25) is 11.8 Å². The van der Waals surface area contributed by atoms with E-state index in [9.17, 15) is 9.59 Å². The van der Waals surface area contributed by atoms with E-state index in [-0.39, 0.29) is 24.8 Å². The first kappa shape index (κ1) is 24.8. The van der Waals surface area contributed by atoms with Crippen LogP contribution in [-0.4, -0.2) is 29.3 Å². The number of nitrogens with zero attached hydrogens (tertiary/aromatic N) is 1. The predicted octanol–water partition coefficient (Wildman–Crippen LogP) is 5.70. The summed E-state index contributed by atoms with van der Waals surface area (Å²) >= 11 is 12.5. The van der Waals surface area contributed by atoms with Crippen LogP contribution in [0.5, 0.6) is 0 Å².